The van der Waals surface area contributed by atoms with E-state index in [0.29, 0.717) is 26.2 Å². The van der Waals surface area contributed by atoms with Gasteiger partial charge in [-0.1, -0.05) is 29.8 Å². The smallest absolute Gasteiger partial charge is 0.227 e. The SMILES string of the molecule is Cc1ccc(COC[C@H]2CC(=O)N(c3ccc(F)cc3)C2)cc1. The van der Waals surface area contributed by atoms with Crippen LogP contribution in [0.15, 0.2) is 48.5 Å². The van der Waals surface area contributed by atoms with E-state index >= 15 is 0 Å². The highest BCUT2D eigenvalue weighted by atomic mass is 19.1. The number of carbonyl (C=O) groups excluding carboxylic acids is 1. The summed E-state index contributed by atoms with van der Waals surface area (Å²) in [6.07, 6.45) is 0.477. The molecule has 3 rings (SSSR count). The second kappa shape index (κ2) is 6.92. The van der Waals surface area contributed by atoms with Gasteiger partial charge in [0.15, 0.2) is 0 Å². The van der Waals surface area contributed by atoms with Crippen LogP contribution >= 0.6 is 0 Å². The minimum absolute atomic E-state index is 0.0699. The van der Waals surface area contributed by atoms with Crippen LogP contribution in [-0.4, -0.2) is 19.1 Å². The summed E-state index contributed by atoms with van der Waals surface area (Å²) in [5.74, 6) is -0.0445. The molecule has 1 aliphatic heterocycles. The van der Waals surface area contributed by atoms with Crippen molar-refractivity contribution in [1.29, 1.82) is 0 Å². The maximum atomic E-state index is 13.0. The van der Waals surface area contributed by atoms with Gasteiger partial charge in [0.25, 0.3) is 0 Å². The minimum atomic E-state index is -0.293. The Hall–Kier alpha value is -2.20. The van der Waals surface area contributed by atoms with Gasteiger partial charge in [-0.3, -0.25) is 4.79 Å². The zero-order chi connectivity index (χ0) is 16.2. The van der Waals surface area contributed by atoms with Crippen LogP contribution in [0.25, 0.3) is 0 Å². The van der Waals surface area contributed by atoms with E-state index in [1.54, 1.807) is 17.0 Å². The molecule has 23 heavy (non-hydrogen) atoms. The number of benzene rings is 2. The molecule has 1 amide bonds. The predicted octanol–water partition coefficient (Wildman–Crippen LogP) is 3.70. The standard InChI is InChI=1S/C19H20FNO2/c1-14-2-4-15(5-3-14)12-23-13-16-10-19(22)21(11-16)18-8-6-17(20)7-9-18/h2-9,16H,10-13H2,1H3/t16-/m0/s1. The third-order valence-electron chi connectivity index (χ3n) is 4.09. The maximum absolute atomic E-state index is 13.0. The molecule has 0 saturated carbocycles. The molecule has 2 aromatic carbocycles. The summed E-state index contributed by atoms with van der Waals surface area (Å²) in [5.41, 5.74) is 3.11. The van der Waals surface area contributed by atoms with Gasteiger partial charge in [-0.25, -0.2) is 4.39 Å². The maximum Gasteiger partial charge on any atom is 0.227 e. The summed E-state index contributed by atoms with van der Waals surface area (Å²) in [5, 5.41) is 0. The van der Waals surface area contributed by atoms with Crippen LogP contribution in [0.4, 0.5) is 10.1 Å². The van der Waals surface area contributed by atoms with Crippen LogP contribution in [0.2, 0.25) is 0 Å². The van der Waals surface area contributed by atoms with Gasteiger partial charge in [-0.2, -0.15) is 0 Å². The van der Waals surface area contributed by atoms with Crippen molar-refractivity contribution in [3.8, 4) is 0 Å². The first-order valence-electron chi connectivity index (χ1n) is 7.81. The van der Waals surface area contributed by atoms with Gasteiger partial charge in [-0.05, 0) is 36.8 Å². The van der Waals surface area contributed by atoms with Gasteiger partial charge in [-0.15, -0.1) is 0 Å². The van der Waals surface area contributed by atoms with Crippen molar-refractivity contribution in [1.82, 2.24) is 0 Å². The first kappa shape index (κ1) is 15.7. The number of nitrogens with zero attached hydrogens (tertiary/aromatic N) is 1. The Morgan fingerprint density at radius 1 is 1.13 bits per heavy atom. The number of hydrogen-bond donors (Lipinski definition) is 0. The molecule has 3 nitrogen and oxygen atoms in total. The third kappa shape index (κ3) is 3.96. The van der Waals surface area contributed by atoms with Gasteiger partial charge >= 0.3 is 0 Å². The first-order chi connectivity index (χ1) is 11.1. The highest BCUT2D eigenvalue weighted by Gasteiger charge is 2.30. The normalized spacial score (nSPS) is 17.7. The van der Waals surface area contributed by atoms with Gasteiger partial charge in [0, 0.05) is 24.6 Å². The molecule has 1 saturated heterocycles. The molecule has 4 heteroatoms. The molecule has 0 N–H and O–H groups in total. The first-order valence-corrected chi connectivity index (χ1v) is 7.81. The Balaban J connectivity index is 1.51. The number of hydrogen-bond acceptors (Lipinski definition) is 2. The Bertz CT molecular complexity index is 667. The predicted molar refractivity (Wildman–Crippen MR) is 87.7 cm³/mol. The van der Waals surface area contributed by atoms with Crippen molar-refractivity contribution in [3.63, 3.8) is 0 Å². The molecule has 2 aromatic rings. The lowest BCUT2D eigenvalue weighted by atomic mass is 10.1. The number of rotatable bonds is 5. The highest BCUT2D eigenvalue weighted by molar-refractivity contribution is 5.95. The molecule has 0 unspecified atom stereocenters. The molecule has 0 spiro atoms. The minimum Gasteiger partial charge on any atom is -0.376 e. The summed E-state index contributed by atoms with van der Waals surface area (Å²) >= 11 is 0. The van der Waals surface area contributed by atoms with Crippen molar-refractivity contribution in [2.75, 3.05) is 18.1 Å². The number of halogens is 1. The molecule has 120 valence electrons. The molecule has 1 fully saturated rings. The van der Waals surface area contributed by atoms with Crippen molar-refractivity contribution in [3.05, 3.63) is 65.5 Å². The van der Waals surface area contributed by atoms with E-state index in [1.807, 2.05) is 0 Å². The van der Waals surface area contributed by atoms with Crippen LogP contribution in [0.3, 0.4) is 0 Å². The summed E-state index contributed by atoms with van der Waals surface area (Å²) in [6.45, 7) is 3.79. The van der Waals surface area contributed by atoms with Gasteiger partial charge in [0.1, 0.15) is 5.82 Å². The number of anilines is 1. The lowest BCUT2D eigenvalue weighted by Crippen LogP contribution is -2.25. The van der Waals surface area contributed by atoms with Gasteiger partial charge in [0.05, 0.1) is 13.2 Å². The molecule has 0 radical (unpaired) electrons. The zero-order valence-corrected chi connectivity index (χ0v) is 13.2. The Morgan fingerprint density at radius 2 is 1.83 bits per heavy atom. The molecule has 0 bridgehead atoms. The lowest BCUT2D eigenvalue weighted by Gasteiger charge is -2.16. The van der Waals surface area contributed by atoms with E-state index in [-0.39, 0.29) is 17.6 Å². The van der Waals surface area contributed by atoms with Crippen LogP contribution in [-0.2, 0) is 16.1 Å². The molecule has 1 heterocycles. The number of amides is 1. The van der Waals surface area contributed by atoms with Crippen LogP contribution in [0.1, 0.15) is 17.5 Å². The highest BCUT2D eigenvalue weighted by Crippen LogP contribution is 2.25. The van der Waals surface area contributed by atoms with Crippen molar-refractivity contribution in [2.24, 2.45) is 5.92 Å². The average molecular weight is 313 g/mol. The van der Waals surface area contributed by atoms with E-state index < -0.39 is 0 Å². The van der Waals surface area contributed by atoms with Crippen LogP contribution in [0.5, 0.6) is 0 Å². The molecular weight excluding hydrogens is 293 g/mol. The van der Waals surface area contributed by atoms with Gasteiger partial charge in [0.2, 0.25) is 5.91 Å². The van der Waals surface area contributed by atoms with E-state index in [2.05, 4.69) is 31.2 Å². The quantitative estimate of drug-likeness (QED) is 0.842. The van der Waals surface area contributed by atoms with E-state index in [9.17, 15) is 9.18 Å². The topological polar surface area (TPSA) is 29.5 Å². The second-order valence-corrected chi connectivity index (χ2v) is 6.05. The van der Waals surface area contributed by atoms with Crippen molar-refractivity contribution in [2.45, 2.75) is 20.0 Å². The fourth-order valence-corrected chi connectivity index (χ4v) is 2.79. The Kier molecular flexibility index (Phi) is 4.72. The summed E-state index contributed by atoms with van der Waals surface area (Å²) < 4.78 is 18.7. The number of carbonyl (C=O) groups is 1. The third-order valence-corrected chi connectivity index (χ3v) is 4.09. The fourth-order valence-electron chi connectivity index (χ4n) is 2.79. The van der Waals surface area contributed by atoms with Gasteiger partial charge < -0.3 is 9.64 Å². The molecule has 1 atom stereocenters. The van der Waals surface area contributed by atoms with E-state index in [4.69, 9.17) is 4.74 Å². The molecule has 1 aliphatic rings. The largest absolute Gasteiger partial charge is 0.376 e. The summed E-state index contributed by atoms with van der Waals surface area (Å²) in [4.78, 5) is 13.8. The summed E-state index contributed by atoms with van der Waals surface area (Å²) in [7, 11) is 0. The molecule has 0 aliphatic carbocycles. The van der Waals surface area contributed by atoms with Crippen LogP contribution in [0, 0.1) is 18.7 Å². The van der Waals surface area contributed by atoms with Crippen molar-refractivity contribution >= 4 is 11.6 Å². The average Bonchev–Trinajstić information content (AvgIpc) is 2.91. The fraction of sp³-hybridized carbons (Fsp3) is 0.316. The van der Waals surface area contributed by atoms with Crippen molar-refractivity contribution < 1.29 is 13.9 Å². The molecule has 0 aromatic heterocycles. The van der Waals surface area contributed by atoms with E-state index in [0.717, 1.165) is 11.3 Å². The van der Waals surface area contributed by atoms with E-state index in [1.165, 1.54) is 17.7 Å². The number of aryl methyl sites for hydroxylation is 1. The Labute approximate surface area is 135 Å². The lowest BCUT2D eigenvalue weighted by molar-refractivity contribution is -0.117. The Morgan fingerprint density at radius 3 is 2.52 bits per heavy atom. The molecular formula is C19H20FNO2. The number of ether oxygens (including phenoxy) is 1. The second-order valence-electron chi connectivity index (χ2n) is 6.05. The summed E-state index contributed by atoms with van der Waals surface area (Å²) in [6, 6.07) is 14.3. The monoisotopic (exact) mass is 313 g/mol. The zero-order valence-electron chi connectivity index (χ0n) is 13.2. The van der Waals surface area contributed by atoms with Crippen LogP contribution < -0.4 is 4.90 Å².